The number of aryl methyl sites for hydroxylation is 1. The number of benzene rings is 3. The maximum Gasteiger partial charge on any atom is 0.301 e. The van der Waals surface area contributed by atoms with Gasteiger partial charge in [-0.25, -0.2) is 9.37 Å². The van der Waals surface area contributed by atoms with E-state index in [0.717, 1.165) is 21.6 Å². The van der Waals surface area contributed by atoms with Gasteiger partial charge in [0.25, 0.3) is 5.78 Å². The van der Waals surface area contributed by atoms with E-state index < -0.39 is 23.5 Å². The summed E-state index contributed by atoms with van der Waals surface area (Å²) in [6.45, 7) is 3.90. The lowest BCUT2D eigenvalue weighted by atomic mass is 9.94. The molecule has 3 aromatic carbocycles. The van der Waals surface area contributed by atoms with E-state index in [0.29, 0.717) is 17.5 Å². The number of anilines is 1. The zero-order valence-corrected chi connectivity index (χ0v) is 20.3. The van der Waals surface area contributed by atoms with E-state index in [-0.39, 0.29) is 28.1 Å². The monoisotopic (exact) mass is 500 g/mol. The highest BCUT2D eigenvalue weighted by Crippen LogP contribution is 2.45. The summed E-state index contributed by atoms with van der Waals surface area (Å²) in [5.41, 5.74) is 2.89. The molecule has 2 aliphatic rings. The van der Waals surface area contributed by atoms with Crippen molar-refractivity contribution >= 4 is 44.1 Å². The number of halogens is 1. The number of thiazole rings is 1. The number of amides is 1. The van der Waals surface area contributed by atoms with E-state index in [9.17, 15) is 14.7 Å². The number of aliphatic hydroxyl groups excluding tert-OH is 1. The molecule has 0 saturated carbocycles. The lowest BCUT2D eigenvalue weighted by molar-refractivity contribution is -0.132. The highest BCUT2D eigenvalue weighted by atomic mass is 32.1. The number of hydrogen-bond donors (Lipinski definition) is 1. The first kappa shape index (κ1) is 22.4. The van der Waals surface area contributed by atoms with Gasteiger partial charge in [0.2, 0.25) is 0 Å². The lowest BCUT2D eigenvalue weighted by Gasteiger charge is -2.23. The minimum Gasteiger partial charge on any atom is -0.507 e. The second-order valence-corrected chi connectivity index (χ2v) is 10.1. The minimum absolute atomic E-state index is 0.00376. The van der Waals surface area contributed by atoms with Gasteiger partial charge in [-0.15, -0.1) is 0 Å². The van der Waals surface area contributed by atoms with Crippen LogP contribution in [0.5, 0.6) is 5.75 Å². The number of ketones is 1. The molecular weight excluding hydrogens is 479 g/mol. The van der Waals surface area contributed by atoms with E-state index in [1.165, 1.54) is 34.4 Å². The third kappa shape index (κ3) is 3.48. The van der Waals surface area contributed by atoms with Crippen LogP contribution in [0.1, 0.15) is 35.2 Å². The normalized spacial score (nSPS) is 20.7. The van der Waals surface area contributed by atoms with Crippen molar-refractivity contribution in [1.29, 1.82) is 0 Å². The minimum atomic E-state index is -1.17. The summed E-state index contributed by atoms with van der Waals surface area (Å²) in [6, 6.07) is 15.6. The SMILES string of the molecule is Cc1ccc2nc(N3C(=O)C(=O)C(=C(O)c4ccc5c(c4)C[C@H](C)O5)[C@H]3c3ccccc3F)sc2c1. The summed E-state index contributed by atoms with van der Waals surface area (Å²) in [6.07, 6.45) is 0.663. The van der Waals surface area contributed by atoms with E-state index in [2.05, 4.69) is 4.98 Å². The Morgan fingerprint density at radius 3 is 2.75 bits per heavy atom. The average Bonchev–Trinajstić information content (AvgIpc) is 3.51. The number of Topliss-reactive ketones (excluding diaryl/α,β-unsaturated/α-hetero) is 1. The van der Waals surface area contributed by atoms with Gasteiger partial charge in [0.05, 0.1) is 15.8 Å². The predicted octanol–water partition coefficient (Wildman–Crippen LogP) is 5.69. The Kier molecular flexibility index (Phi) is 5.15. The molecule has 36 heavy (non-hydrogen) atoms. The molecule has 2 atom stereocenters. The quantitative estimate of drug-likeness (QED) is 0.222. The van der Waals surface area contributed by atoms with Crippen molar-refractivity contribution in [3.8, 4) is 5.75 Å². The van der Waals surface area contributed by atoms with Crippen LogP contribution in [0.15, 0.2) is 66.2 Å². The summed E-state index contributed by atoms with van der Waals surface area (Å²) < 4.78 is 21.7. The Morgan fingerprint density at radius 2 is 1.94 bits per heavy atom. The van der Waals surface area contributed by atoms with Gasteiger partial charge in [0.1, 0.15) is 29.5 Å². The fourth-order valence-electron chi connectivity index (χ4n) is 4.87. The van der Waals surface area contributed by atoms with Crippen LogP contribution in [-0.2, 0) is 16.0 Å². The number of nitrogens with zero attached hydrogens (tertiary/aromatic N) is 2. The van der Waals surface area contributed by atoms with Gasteiger partial charge in [-0.05, 0) is 61.4 Å². The second-order valence-electron chi connectivity index (χ2n) is 9.11. The van der Waals surface area contributed by atoms with Crippen molar-refractivity contribution in [1.82, 2.24) is 4.98 Å². The van der Waals surface area contributed by atoms with Crippen molar-refractivity contribution < 1.29 is 23.8 Å². The van der Waals surface area contributed by atoms with Crippen LogP contribution in [-0.4, -0.2) is 27.9 Å². The zero-order chi connectivity index (χ0) is 25.1. The van der Waals surface area contributed by atoms with Gasteiger partial charge in [-0.2, -0.15) is 0 Å². The van der Waals surface area contributed by atoms with Gasteiger partial charge in [0, 0.05) is 17.5 Å². The van der Waals surface area contributed by atoms with Crippen molar-refractivity contribution in [2.24, 2.45) is 0 Å². The number of carbonyl (C=O) groups excluding carboxylic acids is 2. The standard InChI is InChI=1S/C28H21FN2O4S/c1-14-7-9-20-22(11-14)36-28(30-20)31-24(18-5-3-4-6-19(18)29)23(26(33)27(31)34)25(32)16-8-10-21-17(13-16)12-15(2)35-21/h3-11,13,15,24,32H,12H2,1-2H3/t15-,24+/m0/s1. The Morgan fingerprint density at radius 1 is 1.14 bits per heavy atom. The number of fused-ring (bicyclic) bond motifs is 2. The molecule has 1 aromatic heterocycles. The van der Waals surface area contributed by atoms with Gasteiger partial charge < -0.3 is 9.84 Å². The van der Waals surface area contributed by atoms with E-state index in [1.54, 1.807) is 24.3 Å². The first-order chi connectivity index (χ1) is 17.3. The number of aromatic nitrogens is 1. The molecule has 4 aromatic rings. The first-order valence-corrected chi connectivity index (χ1v) is 12.4. The fourth-order valence-corrected chi connectivity index (χ4v) is 5.96. The Hall–Kier alpha value is -4.04. The summed E-state index contributed by atoms with van der Waals surface area (Å²) >= 11 is 1.24. The molecule has 0 aliphatic carbocycles. The highest BCUT2D eigenvalue weighted by molar-refractivity contribution is 7.22. The van der Waals surface area contributed by atoms with Crippen molar-refractivity contribution in [3.05, 3.63) is 94.3 Å². The molecule has 0 radical (unpaired) electrons. The van der Waals surface area contributed by atoms with E-state index in [1.807, 2.05) is 32.0 Å². The van der Waals surface area contributed by atoms with Crippen molar-refractivity contribution in [3.63, 3.8) is 0 Å². The number of ether oxygens (including phenoxy) is 1. The van der Waals surface area contributed by atoms with Gasteiger partial charge in [0.15, 0.2) is 5.13 Å². The third-order valence-electron chi connectivity index (χ3n) is 6.55. The van der Waals surface area contributed by atoms with Crippen molar-refractivity contribution in [2.75, 3.05) is 4.90 Å². The predicted molar refractivity (Wildman–Crippen MR) is 136 cm³/mol. The summed E-state index contributed by atoms with van der Waals surface area (Å²) in [7, 11) is 0. The van der Waals surface area contributed by atoms with Gasteiger partial charge in [-0.3, -0.25) is 14.5 Å². The van der Waals surface area contributed by atoms with Crippen LogP contribution in [0.2, 0.25) is 0 Å². The maximum absolute atomic E-state index is 15.1. The molecule has 6 rings (SSSR count). The van der Waals surface area contributed by atoms with Crippen LogP contribution < -0.4 is 9.64 Å². The van der Waals surface area contributed by atoms with E-state index in [4.69, 9.17) is 4.74 Å². The van der Waals surface area contributed by atoms with Crippen LogP contribution >= 0.6 is 11.3 Å². The molecule has 3 heterocycles. The van der Waals surface area contributed by atoms with Crippen molar-refractivity contribution in [2.45, 2.75) is 32.4 Å². The largest absolute Gasteiger partial charge is 0.507 e. The number of carbonyl (C=O) groups is 2. The smallest absolute Gasteiger partial charge is 0.301 e. The molecule has 6 nitrogen and oxygen atoms in total. The van der Waals surface area contributed by atoms with E-state index >= 15 is 4.39 Å². The molecule has 0 spiro atoms. The molecule has 180 valence electrons. The third-order valence-corrected chi connectivity index (χ3v) is 7.57. The second kappa shape index (κ2) is 8.27. The average molecular weight is 501 g/mol. The topological polar surface area (TPSA) is 79.7 Å². The zero-order valence-electron chi connectivity index (χ0n) is 19.5. The molecule has 1 N–H and O–H groups in total. The Labute approximate surface area is 210 Å². The summed E-state index contributed by atoms with van der Waals surface area (Å²) in [5, 5.41) is 11.6. The van der Waals surface area contributed by atoms with Crippen LogP contribution in [0.25, 0.3) is 16.0 Å². The molecule has 0 unspecified atom stereocenters. The Balaban J connectivity index is 1.55. The summed E-state index contributed by atoms with van der Waals surface area (Å²) in [5.74, 6) is -1.98. The molecule has 0 bridgehead atoms. The van der Waals surface area contributed by atoms with Crippen LogP contribution in [0.3, 0.4) is 0 Å². The molecular formula is C28H21FN2O4S. The first-order valence-electron chi connectivity index (χ1n) is 11.5. The molecule has 1 fully saturated rings. The van der Waals surface area contributed by atoms with Gasteiger partial charge in [-0.1, -0.05) is 35.6 Å². The lowest BCUT2D eigenvalue weighted by Crippen LogP contribution is -2.29. The van der Waals surface area contributed by atoms with Gasteiger partial charge >= 0.3 is 5.91 Å². The highest BCUT2D eigenvalue weighted by Gasteiger charge is 2.49. The number of hydrogen-bond acceptors (Lipinski definition) is 6. The number of rotatable bonds is 3. The van der Waals surface area contributed by atoms with Crippen LogP contribution in [0.4, 0.5) is 9.52 Å². The molecule has 8 heteroatoms. The number of aliphatic hydroxyl groups is 1. The maximum atomic E-state index is 15.1. The molecule has 2 aliphatic heterocycles. The molecule has 1 saturated heterocycles. The molecule has 1 amide bonds. The van der Waals surface area contributed by atoms with Crippen LogP contribution in [0, 0.1) is 12.7 Å². The summed E-state index contributed by atoms with van der Waals surface area (Å²) in [4.78, 5) is 32.5. The Bertz CT molecular complexity index is 1610. The fraction of sp³-hybridized carbons (Fsp3) is 0.179.